The van der Waals surface area contributed by atoms with Crippen molar-refractivity contribution in [3.8, 4) is 0 Å². The van der Waals surface area contributed by atoms with Crippen molar-refractivity contribution >= 4 is 0 Å². The molecule has 19 heavy (non-hydrogen) atoms. The second-order valence-corrected chi connectivity index (χ2v) is 7.72. The van der Waals surface area contributed by atoms with Gasteiger partial charge in [-0.3, -0.25) is 0 Å². The van der Waals surface area contributed by atoms with Gasteiger partial charge in [-0.1, -0.05) is 30.7 Å². The van der Waals surface area contributed by atoms with Gasteiger partial charge in [-0.2, -0.15) is 0 Å². The summed E-state index contributed by atoms with van der Waals surface area (Å²) in [6.07, 6.45) is 18.9. The minimum Gasteiger partial charge on any atom is -0.0914 e. The smallest absolute Gasteiger partial charge is 0.00509 e. The Bertz CT molecular complexity index is 418. The predicted molar refractivity (Wildman–Crippen MR) is 80.7 cm³/mol. The Morgan fingerprint density at radius 3 is 2.68 bits per heavy atom. The van der Waals surface area contributed by atoms with Crippen molar-refractivity contribution in [3.63, 3.8) is 0 Å². The molecule has 0 heterocycles. The second kappa shape index (κ2) is 4.24. The van der Waals surface area contributed by atoms with Crippen molar-refractivity contribution in [2.45, 2.75) is 52.4 Å². The van der Waals surface area contributed by atoms with Crippen LogP contribution in [0.2, 0.25) is 0 Å². The fourth-order valence-corrected chi connectivity index (χ4v) is 6.99. The molecule has 4 aliphatic carbocycles. The van der Waals surface area contributed by atoms with E-state index in [9.17, 15) is 0 Å². The van der Waals surface area contributed by atoms with E-state index in [1.165, 1.54) is 32.1 Å². The van der Waals surface area contributed by atoms with E-state index in [1.807, 2.05) is 0 Å². The highest BCUT2D eigenvalue weighted by Crippen LogP contribution is 2.75. The molecule has 4 fully saturated rings. The third kappa shape index (κ3) is 1.46. The lowest BCUT2D eigenvalue weighted by Crippen LogP contribution is -2.52. The molecule has 0 N–H and O–H groups in total. The first-order valence-corrected chi connectivity index (χ1v) is 8.57. The largest absolute Gasteiger partial charge is 0.0914 e. The molecule has 0 aliphatic heterocycles. The maximum absolute atomic E-state index is 2.65. The van der Waals surface area contributed by atoms with Gasteiger partial charge in [-0.15, -0.1) is 0 Å². The average molecular weight is 256 g/mol. The number of hydrogen-bond donors (Lipinski definition) is 0. The van der Waals surface area contributed by atoms with Gasteiger partial charge in [0.25, 0.3) is 0 Å². The molecule has 0 spiro atoms. The zero-order chi connectivity index (χ0) is 13.0. The van der Waals surface area contributed by atoms with Gasteiger partial charge in [0.1, 0.15) is 0 Å². The Labute approximate surface area is 118 Å². The molecular formula is C19H28. The normalized spacial score (nSPS) is 55.5. The van der Waals surface area contributed by atoms with Gasteiger partial charge < -0.3 is 0 Å². The third-order valence-electron chi connectivity index (χ3n) is 7.15. The van der Waals surface area contributed by atoms with E-state index in [-0.39, 0.29) is 0 Å². The number of hydrogen-bond acceptors (Lipinski definition) is 0. The summed E-state index contributed by atoms with van der Waals surface area (Å²) in [5.41, 5.74) is 0.659. The number of allylic oxidation sites excluding steroid dienone is 4. The van der Waals surface area contributed by atoms with Crippen LogP contribution in [0.4, 0.5) is 0 Å². The van der Waals surface area contributed by atoms with Crippen LogP contribution in [0.3, 0.4) is 0 Å². The first-order chi connectivity index (χ1) is 9.30. The van der Waals surface area contributed by atoms with Crippen molar-refractivity contribution in [3.05, 3.63) is 24.3 Å². The van der Waals surface area contributed by atoms with E-state index in [0.29, 0.717) is 5.41 Å². The Hall–Kier alpha value is -0.520. The molecule has 0 heteroatoms. The summed E-state index contributed by atoms with van der Waals surface area (Å²) in [7, 11) is 0. The van der Waals surface area contributed by atoms with Crippen LogP contribution >= 0.6 is 0 Å². The lowest BCUT2D eigenvalue weighted by atomic mass is 9.47. The van der Waals surface area contributed by atoms with Gasteiger partial charge in [0.2, 0.25) is 0 Å². The molecule has 4 saturated carbocycles. The van der Waals surface area contributed by atoms with E-state index < -0.39 is 0 Å². The SMILES string of the molecule is C/C=C\[C@@H]1CC2[C@H](C1)C[C@]1(/C=C\C)[C@H]2C2CCC[C@@H]21. The van der Waals surface area contributed by atoms with Gasteiger partial charge in [0, 0.05) is 0 Å². The molecule has 0 aromatic rings. The molecule has 0 bridgehead atoms. The van der Waals surface area contributed by atoms with Crippen molar-refractivity contribution in [2.24, 2.45) is 40.9 Å². The fraction of sp³-hybridized carbons (Fsp3) is 0.789. The quantitative estimate of drug-likeness (QED) is 0.594. The topological polar surface area (TPSA) is 0 Å². The highest BCUT2D eigenvalue weighted by molar-refractivity contribution is 5.25. The lowest BCUT2D eigenvalue weighted by Gasteiger charge is -2.57. The van der Waals surface area contributed by atoms with E-state index in [4.69, 9.17) is 0 Å². The fourth-order valence-electron chi connectivity index (χ4n) is 6.99. The summed E-state index contributed by atoms with van der Waals surface area (Å²) in [5, 5.41) is 0. The highest BCUT2D eigenvalue weighted by Gasteiger charge is 2.69. The van der Waals surface area contributed by atoms with Crippen LogP contribution in [0.1, 0.15) is 52.4 Å². The minimum atomic E-state index is 0.659. The van der Waals surface area contributed by atoms with E-state index in [0.717, 1.165) is 35.5 Å². The van der Waals surface area contributed by atoms with Gasteiger partial charge >= 0.3 is 0 Å². The van der Waals surface area contributed by atoms with Crippen LogP contribution in [-0.4, -0.2) is 0 Å². The number of rotatable bonds is 2. The molecule has 0 nitrogen and oxygen atoms in total. The van der Waals surface area contributed by atoms with Crippen molar-refractivity contribution in [1.29, 1.82) is 0 Å². The average Bonchev–Trinajstić information content (AvgIpc) is 3.00. The zero-order valence-electron chi connectivity index (χ0n) is 12.5. The molecule has 4 aliphatic rings. The Morgan fingerprint density at radius 1 is 1.00 bits per heavy atom. The van der Waals surface area contributed by atoms with Crippen LogP contribution in [0, 0.1) is 40.9 Å². The first kappa shape index (κ1) is 12.2. The van der Waals surface area contributed by atoms with Gasteiger partial charge in [-0.05, 0) is 86.9 Å². The lowest BCUT2D eigenvalue weighted by molar-refractivity contribution is -0.0626. The molecule has 0 saturated heterocycles. The van der Waals surface area contributed by atoms with E-state index in [2.05, 4.69) is 38.2 Å². The summed E-state index contributed by atoms with van der Waals surface area (Å²) >= 11 is 0. The van der Waals surface area contributed by atoms with Crippen LogP contribution in [0.15, 0.2) is 24.3 Å². The van der Waals surface area contributed by atoms with Gasteiger partial charge in [0.05, 0.1) is 0 Å². The standard InChI is InChI=1S/C19H28/c1-3-6-13-10-14-12-19(9-4-2)17-8-5-7-15(17)18(19)16(14)11-13/h3-4,6,9,13-18H,5,7-8,10-12H2,1-2H3/b6-3-,9-4-/t13-,14+,15?,16?,17-,18-,19-/m0/s1. The van der Waals surface area contributed by atoms with Gasteiger partial charge in [0.15, 0.2) is 0 Å². The molecule has 0 aromatic carbocycles. The molecule has 104 valence electrons. The summed E-state index contributed by atoms with van der Waals surface area (Å²) in [4.78, 5) is 0. The third-order valence-corrected chi connectivity index (χ3v) is 7.15. The second-order valence-electron chi connectivity index (χ2n) is 7.72. The van der Waals surface area contributed by atoms with E-state index >= 15 is 0 Å². The van der Waals surface area contributed by atoms with Crippen LogP contribution in [0.25, 0.3) is 0 Å². The van der Waals surface area contributed by atoms with Crippen molar-refractivity contribution in [2.75, 3.05) is 0 Å². The monoisotopic (exact) mass is 256 g/mol. The number of fused-ring (bicyclic) bond motifs is 6. The highest BCUT2D eigenvalue weighted by atomic mass is 14.7. The maximum atomic E-state index is 2.65. The van der Waals surface area contributed by atoms with Gasteiger partial charge in [-0.25, -0.2) is 0 Å². The molecular weight excluding hydrogens is 228 g/mol. The van der Waals surface area contributed by atoms with Crippen LogP contribution < -0.4 is 0 Å². The Balaban J connectivity index is 1.62. The predicted octanol–water partition coefficient (Wildman–Crippen LogP) is 5.22. The molecule has 0 aromatic heterocycles. The Morgan fingerprint density at radius 2 is 1.89 bits per heavy atom. The van der Waals surface area contributed by atoms with Crippen LogP contribution in [0.5, 0.6) is 0 Å². The zero-order valence-corrected chi connectivity index (χ0v) is 12.5. The summed E-state index contributed by atoms with van der Waals surface area (Å²) < 4.78 is 0. The maximum Gasteiger partial charge on any atom is -0.00509 e. The van der Waals surface area contributed by atoms with E-state index in [1.54, 1.807) is 6.42 Å². The summed E-state index contributed by atoms with van der Waals surface area (Å²) in [5.74, 6) is 6.26. The first-order valence-electron chi connectivity index (χ1n) is 8.57. The molecule has 4 rings (SSSR count). The van der Waals surface area contributed by atoms with Crippen LogP contribution in [-0.2, 0) is 0 Å². The van der Waals surface area contributed by atoms with Crippen molar-refractivity contribution < 1.29 is 0 Å². The minimum absolute atomic E-state index is 0.659. The molecule has 7 atom stereocenters. The summed E-state index contributed by atoms with van der Waals surface area (Å²) in [6.45, 7) is 4.43. The Kier molecular flexibility index (Phi) is 2.73. The molecule has 0 amide bonds. The summed E-state index contributed by atoms with van der Waals surface area (Å²) in [6, 6.07) is 0. The van der Waals surface area contributed by atoms with Crippen molar-refractivity contribution in [1.82, 2.24) is 0 Å². The molecule has 0 radical (unpaired) electrons. The molecule has 2 unspecified atom stereocenters.